The first-order valence-electron chi connectivity index (χ1n) is 17.5. The fourth-order valence-electron chi connectivity index (χ4n) is 7.46. The van der Waals surface area contributed by atoms with Gasteiger partial charge in [0.2, 0.25) is 11.8 Å². The summed E-state index contributed by atoms with van der Waals surface area (Å²) in [6.07, 6.45) is 7.53. The molecule has 2 aliphatic rings. The lowest BCUT2D eigenvalue weighted by Crippen LogP contribution is -2.47. The average molecular weight is 651 g/mol. The van der Waals surface area contributed by atoms with E-state index in [0.29, 0.717) is 0 Å². The number of benzene rings is 2. The molecule has 2 aromatic carbocycles. The summed E-state index contributed by atoms with van der Waals surface area (Å²) in [4.78, 5) is 47.0. The zero-order valence-electron chi connectivity index (χ0n) is 29.1. The van der Waals surface area contributed by atoms with Crippen molar-refractivity contribution >= 4 is 11.8 Å². The number of likely N-dealkylation sites (N-methyl/N-ethyl adjacent to an activating group) is 2. The van der Waals surface area contributed by atoms with Crippen LogP contribution in [0.2, 0.25) is 0 Å². The van der Waals surface area contributed by atoms with Gasteiger partial charge >= 0.3 is 0 Å². The fraction of sp³-hybridized carbons (Fsp3) is 0.474. The van der Waals surface area contributed by atoms with Crippen LogP contribution in [-0.2, 0) is 9.59 Å². The minimum atomic E-state index is -0.195. The molecule has 2 aliphatic heterocycles. The molecule has 2 amide bonds. The van der Waals surface area contributed by atoms with Crippen LogP contribution in [0.15, 0.2) is 60.9 Å². The van der Waals surface area contributed by atoms with Gasteiger partial charge in [-0.1, -0.05) is 76.2 Å². The standard InChI is InChI=1S/C38H50N8O2/c1-23(2)33(39-5)37(47)45-19-7-9-31(45)35-41-21-29(43-35)27-15-11-25(12-16-27)26-13-17-28(18-14-26)30-22-42-36(44-30)32-10-8-20-46(32)38(48)34(40-6)24(3)4/h11-18,21-24,31-34,39-40H,7-10,19-20H2,1-6H3,(H,41,43)(H,42,44)/t31-,32-,33-,34?/m0/s1. The molecule has 2 fully saturated rings. The van der Waals surface area contributed by atoms with Crippen molar-refractivity contribution in [2.24, 2.45) is 11.8 Å². The predicted molar refractivity (Wildman–Crippen MR) is 190 cm³/mol. The first kappa shape index (κ1) is 33.6. The largest absolute Gasteiger partial charge is 0.340 e. The molecule has 0 saturated carbocycles. The number of aromatic nitrogens is 4. The van der Waals surface area contributed by atoms with Gasteiger partial charge in [-0.15, -0.1) is 0 Å². The summed E-state index contributed by atoms with van der Waals surface area (Å²) in [6, 6.07) is 16.5. The molecule has 0 spiro atoms. The van der Waals surface area contributed by atoms with Gasteiger partial charge in [0, 0.05) is 13.1 Å². The molecule has 10 nitrogen and oxygen atoms in total. The lowest BCUT2D eigenvalue weighted by atomic mass is 10.0. The molecule has 4 heterocycles. The number of nitrogens with zero attached hydrogens (tertiary/aromatic N) is 4. The Morgan fingerprint density at radius 2 is 1.00 bits per heavy atom. The van der Waals surface area contributed by atoms with Gasteiger partial charge in [0.1, 0.15) is 11.6 Å². The van der Waals surface area contributed by atoms with Gasteiger partial charge < -0.3 is 30.4 Å². The van der Waals surface area contributed by atoms with E-state index in [9.17, 15) is 9.59 Å². The highest BCUT2D eigenvalue weighted by molar-refractivity contribution is 5.83. The van der Waals surface area contributed by atoms with Crippen molar-refractivity contribution in [3.8, 4) is 33.6 Å². The van der Waals surface area contributed by atoms with E-state index in [4.69, 9.17) is 9.97 Å². The second-order valence-corrected chi connectivity index (χ2v) is 13.9. The van der Waals surface area contributed by atoms with Gasteiger partial charge in [-0.05, 0) is 73.9 Å². The van der Waals surface area contributed by atoms with Crippen LogP contribution in [0.5, 0.6) is 0 Å². The summed E-state index contributed by atoms with van der Waals surface area (Å²) < 4.78 is 0. The van der Waals surface area contributed by atoms with Crippen molar-refractivity contribution in [3.63, 3.8) is 0 Å². The zero-order chi connectivity index (χ0) is 33.9. The summed E-state index contributed by atoms with van der Waals surface area (Å²) >= 11 is 0. The Hall–Kier alpha value is -4.28. The average Bonchev–Trinajstić information content (AvgIpc) is 3.91. The van der Waals surface area contributed by atoms with Gasteiger partial charge in [-0.3, -0.25) is 9.59 Å². The minimum Gasteiger partial charge on any atom is -0.340 e. The number of carbonyl (C=O) groups excluding carboxylic acids is 2. The molecule has 1 unspecified atom stereocenters. The van der Waals surface area contributed by atoms with E-state index in [0.717, 1.165) is 84.1 Å². The number of carbonyl (C=O) groups is 2. The highest BCUT2D eigenvalue weighted by Crippen LogP contribution is 2.35. The van der Waals surface area contributed by atoms with Crippen LogP contribution in [-0.4, -0.2) is 80.8 Å². The van der Waals surface area contributed by atoms with Crippen LogP contribution in [0.3, 0.4) is 0 Å². The summed E-state index contributed by atoms with van der Waals surface area (Å²) in [7, 11) is 3.71. The van der Waals surface area contributed by atoms with Gasteiger partial charge in [0.15, 0.2) is 0 Å². The van der Waals surface area contributed by atoms with Crippen molar-refractivity contribution in [1.82, 2.24) is 40.4 Å². The number of amides is 2. The first-order valence-corrected chi connectivity index (χ1v) is 17.5. The maximum absolute atomic E-state index is 13.3. The Morgan fingerprint density at radius 3 is 1.33 bits per heavy atom. The van der Waals surface area contributed by atoms with Gasteiger partial charge in [-0.2, -0.15) is 0 Å². The molecule has 6 rings (SSSR count). The maximum Gasteiger partial charge on any atom is 0.240 e. The minimum absolute atomic E-state index is 0.0280. The number of rotatable bonds is 11. The Labute approximate surface area is 284 Å². The zero-order valence-corrected chi connectivity index (χ0v) is 29.1. The number of likely N-dealkylation sites (tertiary alicyclic amines) is 2. The maximum atomic E-state index is 13.3. The summed E-state index contributed by atoms with van der Waals surface area (Å²) in [5, 5.41) is 6.39. The van der Waals surface area contributed by atoms with E-state index in [1.807, 2.05) is 36.3 Å². The molecular weight excluding hydrogens is 600 g/mol. The Bertz CT molecular complexity index is 1560. The predicted octanol–water partition coefficient (Wildman–Crippen LogP) is 5.95. The van der Waals surface area contributed by atoms with Crippen LogP contribution in [0.4, 0.5) is 0 Å². The van der Waals surface area contributed by atoms with Crippen molar-refractivity contribution in [3.05, 3.63) is 72.6 Å². The van der Waals surface area contributed by atoms with E-state index < -0.39 is 0 Å². The topological polar surface area (TPSA) is 122 Å². The van der Waals surface area contributed by atoms with Crippen LogP contribution in [0, 0.1) is 11.8 Å². The summed E-state index contributed by atoms with van der Waals surface area (Å²) in [5.74, 6) is 2.43. The third kappa shape index (κ3) is 6.69. The monoisotopic (exact) mass is 650 g/mol. The summed E-state index contributed by atoms with van der Waals surface area (Å²) in [5.41, 5.74) is 6.25. The molecule has 10 heteroatoms. The first-order chi connectivity index (χ1) is 23.2. The number of imidazole rings is 2. The third-order valence-electron chi connectivity index (χ3n) is 10.1. The Morgan fingerprint density at radius 1 is 0.646 bits per heavy atom. The molecule has 2 saturated heterocycles. The number of hydrogen-bond donors (Lipinski definition) is 4. The van der Waals surface area contributed by atoms with E-state index in [2.05, 4.69) is 96.8 Å². The molecule has 0 aliphatic carbocycles. The van der Waals surface area contributed by atoms with Gasteiger partial charge in [0.25, 0.3) is 0 Å². The SMILES string of the molecule is CNC(C(=O)N1CCC[C@H]1c1ncc(-c2ccc(-c3ccc(-c4cnc([C@@H]5CCCN5C(=O)[C@@H](NC)C(C)C)[nH]4)cc3)cc2)[nH]1)C(C)C. The molecule has 4 aromatic rings. The number of hydrogen-bond acceptors (Lipinski definition) is 6. The van der Waals surface area contributed by atoms with Gasteiger partial charge in [0.05, 0.1) is 47.9 Å². The molecule has 0 bridgehead atoms. The van der Waals surface area contributed by atoms with Crippen LogP contribution in [0.25, 0.3) is 33.6 Å². The molecule has 254 valence electrons. The van der Waals surface area contributed by atoms with Crippen LogP contribution in [0.1, 0.15) is 77.1 Å². The van der Waals surface area contributed by atoms with Crippen molar-refractivity contribution in [2.45, 2.75) is 77.5 Å². The van der Waals surface area contributed by atoms with Crippen LogP contribution < -0.4 is 10.6 Å². The number of aromatic amines is 2. The second-order valence-electron chi connectivity index (χ2n) is 13.9. The van der Waals surface area contributed by atoms with Crippen molar-refractivity contribution in [2.75, 3.05) is 27.2 Å². The van der Waals surface area contributed by atoms with Crippen molar-refractivity contribution < 1.29 is 9.59 Å². The lowest BCUT2D eigenvalue weighted by molar-refractivity contribution is -0.136. The van der Waals surface area contributed by atoms with Crippen LogP contribution >= 0.6 is 0 Å². The lowest BCUT2D eigenvalue weighted by Gasteiger charge is -2.29. The van der Waals surface area contributed by atoms with E-state index in [-0.39, 0.29) is 47.8 Å². The molecule has 0 radical (unpaired) electrons. The van der Waals surface area contributed by atoms with E-state index in [1.165, 1.54) is 0 Å². The fourth-order valence-corrected chi connectivity index (χ4v) is 7.46. The molecule has 4 atom stereocenters. The summed E-state index contributed by atoms with van der Waals surface area (Å²) in [6.45, 7) is 9.82. The Kier molecular flexibility index (Phi) is 10.1. The number of H-pyrrole nitrogens is 2. The smallest absolute Gasteiger partial charge is 0.240 e. The highest BCUT2D eigenvalue weighted by atomic mass is 16.2. The quantitative estimate of drug-likeness (QED) is 0.159. The second kappa shape index (κ2) is 14.5. The van der Waals surface area contributed by atoms with E-state index in [1.54, 1.807) is 0 Å². The van der Waals surface area contributed by atoms with Crippen molar-refractivity contribution in [1.29, 1.82) is 0 Å². The van der Waals surface area contributed by atoms with E-state index >= 15 is 0 Å². The molecular formula is C38H50N8O2. The normalized spacial score (nSPS) is 19.4. The number of nitrogens with one attached hydrogen (secondary N) is 4. The van der Waals surface area contributed by atoms with Gasteiger partial charge in [-0.25, -0.2) is 9.97 Å². The Balaban J connectivity index is 1.12. The molecule has 4 N–H and O–H groups in total. The molecule has 48 heavy (non-hydrogen) atoms. The highest BCUT2D eigenvalue weighted by Gasteiger charge is 2.37. The molecule has 2 aromatic heterocycles. The third-order valence-corrected chi connectivity index (χ3v) is 10.1.